The normalized spacial score (nSPS) is 10.7. The zero-order chi connectivity index (χ0) is 14.5. The fourth-order valence-corrected chi connectivity index (χ4v) is 2.22. The van der Waals surface area contributed by atoms with E-state index >= 15 is 0 Å². The molecule has 0 saturated carbocycles. The first-order valence-electron chi connectivity index (χ1n) is 6.77. The largest absolute Gasteiger partial charge is 0.368 e. The molecule has 106 valence electrons. The van der Waals surface area contributed by atoms with E-state index in [2.05, 4.69) is 4.98 Å². The fourth-order valence-electron chi connectivity index (χ4n) is 2.22. The van der Waals surface area contributed by atoms with Gasteiger partial charge in [-0.1, -0.05) is 25.5 Å². The molecule has 3 N–H and O–H groups in total. The maximum absolute atomic E-state index is 12.6. The molecule has 0 saturated heterocycles. The summed E-state index contributed by atoms with van der Waals surface area (Å²) in [5.41, 5.74) is 6.60. The van der Waals surface area contributed by atoms with Crippen molar-refractivity contribution < 1.29 is 9.59 Å². The molecule has 0 spiro atoms. The molecule has 2 amide bonds. The Kier molecular flexibility index (Phi) is 4.40. The minimum atomic E-state index is -0.492. The highest BCUT2D eigenvalue weighted by molar-refractivity contribution is 6.06. The van der Waals surface area contributed by atoms with Crippen LogP contribution in [-0.2, 0) is 4.79 Å². The van der Waals surface area contributed by atoms with Gasteiger partial charge in [0, 0.05) is 18.1 Å². The number of rotatable bonds is 6. The second-order valence-corrected chi connectivity index (χ2v) is 4.79. The van der Waals surface area contributed by atoms with Crippen LogP contribution >= 0.6 is 0 Å². The van der Waals surface area contributed by atoms with Crippen molar-refractivity contribution in [1.29, 1.82) is 0 Å². The summed E-state index contributed by atoms with van der Waals surface area (Å²) in [6, 6.07) is 7.45. The lowest BCUT2D eigenvalue weighted by molar-refractivity contribution is -0.118. The SMILES string of the molecule is CCCCN(CC(N)=O)C(=O)c1cccc2cc[nH]c12. The Bertz CT molecular complexity index is 618. The lowest BCUT2D eigenvalue weighted by atomic mass is 10.1. The number of unbranched alkanes of at least 4 members (excludes halogenated alkanes) is 1. The van der Waals surface area contributed by atoms with E-state index in [1.54, 1.807) is 12.3 Å². The van der Waals surface area contributed by atoms with Gasteiger partial charge in [0.2, 0.25) is 5.91 Å². The van der Waals surface area contributed by atoms with E-state index in [0.29, 0.717) is 12.1 Å². The van der Waals surface area contributed by atoms with Crippen LogP contribution in [0.2, 0.25) is 0 Å². The van der Waals surface area contributed by atoms with Crippen LogP contribution in [0.15, 0.2) is 30.5 Å². The summed E-state index contributed by atoms with van der Waals surface area (Å²) in [6.07, 6.45) is 3.60. The van der Waals surface area contributed by atoms with E-state index in [-0.39, 0.29) is 12.5 Å². The van der Waals surface area contributed by atoms with Crippen molar-refractivity contribution in [3.05, 3.63) is 36.0 Å². The Hall–Kier alpha value is -2.30. The Morgan fingerprint density at radius 2 is 2.10 bits per heavy atom. The number of para-hydroxylation sites is 1. The fraction of sp³-hybridized carbons (Fsp3) is 0.333. The molecule has 1 aromatic heterocycles. The zero-order valence-corrected chi connectivity index (χ0v) is 11.6. The Labute approximate surface area is 117 Å². The van der Waals surface area contributed by atoms with Crippen LogP contribution in [0.25, 0.3) is 10.9 Å². The van der Waals surface area contributed by atoms with Crippen LogP contribution in [0.1, 0.15) is 30.1 Å². The quantitative estimate of drug-likeness (QED) is 0.843. The summed E-state index contributed by atoms with van der Waals surface area (Å²) < 4.78 is 0. The number of aromatic amines is 1. The van der Waals surface area contributed by atoms with Gasteiger partial charge in [-0.3, -0.25) is 9.59 Å². The predicted octanol–water partition coefficient (Wildman–Crippen LogP) is 1.90. The van der Waals surface area contributed by atoms with Gasteiger partial charge in [-0.2, -0.15) is 0 Å². The van der Waals surface area contributed by atoms with Crippen LogP contribution in [0, 0.1) is 0 Å². The number of hydrogen-bond acceptors (Lipinski definition) is 2. The molecule has 0 aliphatic carbocycles. The molecule has 5 nitrogen and oxygen atoms in total. The Morgan fingerprint density at radius 1 is 1.30 bits per heavy atom. The number of primary amides is 1. The molecule has 1 heterocycles. The maximum atomic E-state index is 12.6. The number of nitrogens with one attached hydrogen (secondary N) is 1. The smallest absolute Gasteiger partial charge is 0.256 e. The molecule has 0 bridgehead atoms. The summed E-state index contributed by atoms with van der Waals surface area (Å²) in [5, 5.41) is 0.977. The molecule has 20 heavy (non-hydrogen) atoms. The predicted molar refractivity (Wildman–Crippen MR) is 78.3 cm³/mol. The number of amides is 2. The van der Waals surface area contributed by atoms with Crippen molar-refractivity contribution in [1.82, 2.24) is 9.88 Å². The van der Waals surface area contributed by atoms with Gasteiger partial charge in [-0.05, 0) is 18.6 Å². The van der Waals surface area contributed by atoms with Crippen LogP contribution in [0.4, 0.5) is 0 Å². The van der Waals surface area contributed by atoms with Crippen LogP contribution in [-0.4, -0.2) is 34.8 Å². The molecular weight excluding hydrogens is 254 g/mol. The number of hydrogen-bond donors (Lipinski definition) is 2. The minimum absolute atomic E-state index is 0.0457. The van der Waals surface area contributed by atoms with Crippen molar-refractivity contribution in [3.8, 4) is 0 Å². The molecule has 5 heteroatoms. The zero-order valence-electron chi connectivity index (χ0n) is 11.6. The Morgan fingerprint density at radius 3 is 2.80 bits per heavy atom. The van der Waals surface area contributed by atoms with E-state index in [1.807, 2.05) is 25.1 Å². The molecule has 2 aromatic rings. The van der Waals surface area contributed by atoms with Crippen LogP contribution in [0.5, 0.6) is 0 Å². The van der Waals surface area contributed by atoms with Gasteiger partial charge in [-0.25, -0.2) is 0 Å². The average molecular weight is 273 g/mol. The second kappa shape index (κ2) is 6.23. The highest BCUT2D eigenvalue weighted by Crippen LogP contribution is 2.18. The van der Waals surface area contributed by atoms with Crippen LogP contribution in [0.3, 0.4) is 0 Å². The standard InChI is InChI=1S/C15H19N3O2/c1-2-3-9-18(10-13(16)19)15(20)12-6-4-5-11-7-8-17-14(11)12/h4-8,17H,2-3,9-10H2,1H3,(H2,16,19). The van der Waals surface area contributed by atoms with Crippen LogP contribution < -0.4 is 5.73 Å². The number of fused-ring (bicyclic) bond motifs is 1. The summed E-state index contributed by atoms with van der Waals surface area (Å²) in [4.78, 5) is 28.3. The first kappa shape index (κ1) is 14.1. The number of H-pyrrole nitrogens is 1. The summed E-state index contributed by atoms with van der Waals surface area (Å²) in [5.74, 6) is -0.654. The highest BCUT2D eigenvalue weighted by atomic mass is 16.2. The third-order valence-corrected chi connectivity index (χ3v) is 3.23. The number of aromatic nitrogens is 1. The van der Waals surface area contributed by atoms with Crippen molar-refractivity contribution in [2.75, 3.05) is 13.1 Å². The highest BCUT2D eigenvalue weighted by Gasteiger charge is 2.19. The van der Waals surface area contributed by atoms with Crippen molar-refractivity contribution in [3.63, 3.8) is 0 Å². The monoisotopic (exact) mass is 273 g/mol. The van der Waals surface area contributed by atoms with E-state index in [9.17, 15) is 9.59 Å². The van der Waals surface area contributed by atoms with Crippen molar-refractivity contribution >= 4 is 22.7 Å². The minimum Gasteiger partial charge on any atom is -0.368 e. The lowest BCUT2D eigenvalue weighted by Gasteiger charge is -2.21. The molecule has 0 fully saturated rings. The molecule has 0 aliphatic rings. The molecule has 2 rings (SSSR count). The van der Waals surface area contributed by atoms with E-state index < -0.39 is 5.91 Å². The molecule has 0 radical (unpaired) electrons. The molecule has 1 aromatic carbocycles. The molecule has 0 aliphatic heterocycles. The van der Waals surface area contributed by atoms with E-state index in [0.717, 1.165) is 23.7 Å². The lowest BCUT2D eigenvalue weighted by Crippen LogP contribution is -2.39. The van der Waals surface area contributed by atoms with E-state index in [1.165, 1.54) is 4.90 Å². The third kappa shape index (κ3) is 2.99. The molecule has 0 unspecified atom stereocenters. The van der Waals surface area contributed by atoms with Gasteiger partial charge in [0.1, 0.15) is 0 Å². The third-order valence-electron chi connectivity index (χ3n) is 3.23. The molecular formula is C15H19N3O2. The summed E-state index contributed by atoms with van der Waals surface area (Å²) >= 11 is 0. The topological polar surface area (TPSA) is 79.2 Å². The average Bonchev–Trinajstić information content (AvgIpc) is 2.90. The number of benzene rings is 1. The number of nitrogens with zero attached hydrogens (tertiary/aromatic N) is 1. The van der Waals surface area contributed by atoms with Gasteiger partial charge < -0.3 is 15.6 Å². The van der Waals surface area contributed by atoms with Gasteiger partial charge in [0.25, 0.3) is 5.91 Å². The number of carbonyl (C=O) groups excluding carboxylic acids is 2. The van der Waals surface area contributed by atoms with Crippen molar-refractivity contribution in [2.45, 2.75) is 19.8 Å². The summed E-state index contributed by atoms with van der Waals surface area (Å²) in [7, 11) is 0. The maximum Gasteiger partial charge on any atom is 0.256 e. The van der Waals surface area contributed by atoms with Gasteiger partial charge in [0.05, 0.1) is 17.6 Å². The number of carbonyl (C=O) groups is 2. The first-order chi connectivity index (χ1) is 9.63. The van der Waals surface area contributed by atoms with E-state index in [4.69, 9.17) is 5.73 Å². The molecule has 0 atom stereocenters. The van der Waals surface area contributed by atoms with Gasteiger partial charge >= 0.3 is 0 Å². The van der Waals surface area contributed by atoms with Gasteiger partial charge in [-0.15, -0.1) is 0 Å². The second-order valence-electron chi connectivity index (χ2n) is 4.79. The first-order valence-corrected chi connectivity index (χ1v) is 6.77. The summed E-state index contributed by atoms with van der Waals surface area (Å²) in [6.45, 7) is 2.53. The van der Waals surface area contributed by atoms with Gasteiger partial charge in [0.15, 0.2) is 0 Å². The number of nitrogens with two attached hydrogens (primary N) is 1. The Balaban J connectivity index is 2.30. The van der Waals surface area contributed by atoms with Crippen molar-refractivity contribution in [2.24, 2.45) is 5.73 Å².